The van der Waals surface area contributed by atoms with Crippen molar-refractivity contribution in [2.24, 2.45) is 0 Å². The van der Waals surface area contributed by atoms with E-state index in [1.165, 1.54) is 50.2 Å². The lowest BCUT2D eigenvalue weighted by atomic mass is 10.2. The van der Waals surface area contributed by atoms with Gasteiger partial charge in [-0.3, -0.25) is 9.59 Å². The molecule has 11 heteroatoms. The second-order valence-electron chi connectivity index (χ2n) is 6.97. The van der Waals surface area contributed by atoms with E-state index >= 15 is 0 Å². The monoisotopic (exact) mass is 476 g/mol. The first-order chi connectivity index (χ1) is 15.1. The molecule has 1 amide bonds. The number of benzene rings is 2. The van der Waals surface area contributed by atoms with Crippen molar-refractivity contribution in [2.45, 2.75) is 11.8 Å². The van der Waals surface area contributed by atoms with Crippen molar-refractivity contribution in [2.75, 3.05) is 26.5 Å². The molecule has 0 unspecified atom stereocenters. The van der Waals surface area contributed by atoms with Gasteiger partial charge in [0, 0.05) is 25.9 Å². The van der Waals surface area contributed by atoms with Gasteiger partial charge in [-0.15, -0.1) is 0 Å². The Balaban J connectivity index is 2.05. The van der Waals surface area contributed by atoms with E-state index in [4.69, 9.17) is 16.3 Å². The number of anilines is 1. The minimum Gasteiger partial charge on any atom is -0.495 e. The van der Waals surface area contributed by atoms with Gasteiger partial charge in [-0.1, -0.05) is 23.7 Å². The lowest BCUT2D eigenvalue weighted by Gasteiger charge is -2.15. The molecule has 0 aliphatic heterocycles. The minimum atomic E-state index is -3.76. The van der Waals surface area contributed by atoms with Crippen LogP contribution in [0, 0.1) is 6.92 Å². The summed E-state index contributed by atoms with van der Waals surface area (Å²) >= 11 is 6.24. The smallest absolute Gasteiger partial charge is 0.280 e. The van der Waals surface area contributed by atoms with E-state index < -0.39 is 27.1 Å². The largest absolute Gasteiger partial charge is 0.495 e. The average Bonchev–Trinajstić information content (AvgIpc) is 2.74. The molecule has 1 heterocycles. The van der Waals surface area contributed by atoms with Crippen LogP contribution in [0.25, 0.3) is 5.69 Å². The zero-order valence-electron chi connectivity index (χ0n) is 17.8. The lowest BCUT2D eigenvalue weighted by molar-refractivity contribution is 0.101. The van der Waals surface area contributed by atoms with Crippen LogP contribution in [-0.4, -0.2) is 49.6 Å². The van der Waals surface area contributed by atoms with Gasteiger partial charge in [0.2, 0.25) is 15.5 Å². The molecule has 3 aromatic rings. The van der Waals surface area contributed by atoms with Crippen molar-refractivity contribution in [3.05, 3.63) is 75.2 Å². The number of carbonyl (C=O) groups is 1. The Bertz CT molecular complexity index is 1350. The molecular formula is C21H21ClN4O5S. The van der Waals surface area contributed by atoms with Gasteiger partial charge >= 0.3 is 0 Å². The molecule has 168 valence electrons. The van der Waals surface area contributed by atoms with E-state index in [0.29, 0.717) is 16.4 Å². The number of hydrogen-bond donors (Lipinski definition) is 1. The molecule has 0 atom stereocenters. The average molecular weight is 477 g/mol. The number of methoxy groups -OCH3 is 1. The van der Waals surface area contributed by atoms with E-state index in [1.807, 2.05) is 0 Å². The number of para-hydroxylation sites is 1. The maximum Gasteiger partial charge on any atom is 0.280 e. The molecular weight excluding hydrogens is 456 g/mol. The van der Waals surface area contributed by atoms with Crippen molar-refractivity contribution in [1.29, 1.82) is 0 Å². The van der Waals surface area contributed by atoms with Gasteiger partial charge in [-0.25, -0.2) is 17.4 Å². The van der Waals surface area contributed by atoms with Crippen LogP contribution >= 0.6 is 11.6 Å². The molecule has 0 saturated carbocycles. The minimum absolute atomic E-state index is 0.0519. The highest BCUT2D eigenvalue weighted by Crippen LogP contribution is 2.29. The van der Waals surface area contributed by atoms with Crippen molar-refractivity contribution in [3.63, 3.8) is 0 Å². The molecule has 0 fully saturated rings. The summed E-state index contributed by atoms with van der Waals surface area (Å²) in [6.45, 7) is 1.66. The van der Waals surface area contributed by atoms with Crippen LogP contribution in [0.15, 0.2) is 58.2 Å². The van der Waals surface area contributed by atoms with Crippen LogP contribution in [-0.2, 0) is 10.0 Å². The van der Waals surface area contributed by atoms with Crippen molar-refractivity contribution < 1.29 is 17.9 Å². The highest BCUT2D eigenvalue weighted by Gasteiger charge is 2.22. The maximum absolute atomic E-state index is 12.9. The number of ether oxygens (including phenoxy) is 1. The third-order valence-corrected chi connectivity index (χ3v) is 6.73. The molecule has 0 bridgehead atoms. The highest BCUT2D eigenvalue weighted by molar-refractivity contribution is 7.89. The summed E-state index contributed by atoms with van der Waals surface area (Å²) in [7, 11) is 0.407. The normalized spacial score (nSPS) is 11.4. The molecule has 0 aliphatic carbocycles. The SMILES string of the molecule is COc1ccc(S(=O)(=O)N(C)C)cc1NC(=O)c1nn(-c2ccccc2Cl)c(C)cc1=O. The number of sulfonamides is 1. The fourth-order valence-electron chi connectivity index (χ4n) is 2.91. The van der Waals surface area contributed by atoms with Gasteiger partial charge in [0.15, 0.2) is 5.69 Å². The summed E-state index contributed by atoms with van der Waals surface area (Å²) in [5.74, 6) is -0.608. The zero-order valence-corrected chi connectivity index (χ0v) is 19.4. The first kappa shape index (κ1) is 23.5. The number of nitrogens with zero attached hydrogens (tertiary/aromatic N) is 3. The summed E-state index contributed by atoms with van der Waals surface area (Å²) in [6, 6.07) is 12.2. The van der Waals surface area contributed by atoms with Crippen LogP contribution in [0.3, 0.4) is 0 Å². The van der Waals surface area contributed by atoms with Crippen molar-refractivity contribution in [3.8, 4) is 11.4 Å². The molecule has 0 saturated heterocycles. The molecule has 0 aliphatic rings. The Kier molecular flexibility index (Phi) is 6.68. The number of aromatic nitrogens is 2. The highest BCUT2D eigenvalue weighted by atomic mass is 35.5. The Labute approximate surface area is 190 Å². The fraction of sp³-hybridized carbons (Fsp3) is 0.190. The van der Waals surface area contributed by atoms with Crippen LogP contribution in [0.5, 0.6) is 5.75 Å². The topological polar surface area (TPSA) is 111 Å². The predicted octanol–water partition coefficient (Wildman–Crippen LogP) is 2.71. The Morgan fingerprint density at radius 2 is 1.84 bits per heavy atom. The van der Waals surface area contributed by atoms with E-state index in [1.54, 1.807) is 31.2 Å². The Hall–Kier alpha value is -3.21. The maximum atomic E-state index is 12.9. The number of nitrogens with one attached hydrogen (secondary N) is 1. The van der Waals surface area contributed by atoms with E-state index in [9.17, 15) is 18.0 Å². The van der Waals surface area contributed by atoms with Gasteiger partial charge in [-0.05, 0) is 37.3 Å². The fourth-order valence-corrected chi connectivity index (χ4v) is 4.05. The first-order valence-corrected chi connectivity index (χ1v) is 11.2. The molecule has 1 N–H and O–H groups in total. The van der Waals surface area contributed by atoms with E-state index in [2.05, 4.69) is 10.4 Å². The molecule has 2 aromatic carbocycles. The van der Waals surface area contributed by atoms with Crippen LogP contribution < -0.4 is 15.5 Å². The van der Waals surface area contributed by atoms with Crippen molar-refractivity contribution in [1.82, 2.24) is 14.1 Å². The second kappa shape index (κ2) is 9.11. The third-order valence-electron chi connectivity index (χ3n) is 4.60. The lowest BCUT2D eigenvalue weighted by Crippen LogP contribution is -2.27. The van der Waals surface area contributed by atoms with Gasteiger partial charge in [-0.2, -0.15) is 5.10 Å². The third kappa shape index (κ3) is 4.52. The summed E-state index contributed by atoms with van der Waals surface area (Å²) in [5, 5.41) is 7.11. The number of halogens is 1. The summed E-state index contributed by atoms with van der Waals surface area (Å²) < 4.78 is 32.6. The number of rotatable bonds is 6. The number of aryl methyl sites for hydroxylation is 1. The van der Waals surface area contributed by atoms with Gasteiger partial charge in [0.1, 0.15) is 5.75 Å². The first-order valence-electron chi connectivity index (χ1n) is 9.34. The second-order valence-corrected chi connectivity index (χ2v) is 9.52. The van der Waals surface area contributed by atoms with Crippen LogP contribution in [0.4, 0.5) is 5.69 Å². The quantitative estimate of drug-likeness (QED) is 0.585. The van der Waals surface area contributed by atoms with E-state index in [-0.39, 0.29) is 16.3 Å². The van der Waals surface area contributed by atoms with Gasteiger partial charge < -0.3 is 10.1 Å². The summed E-state index contributed by atoms with van der Waals surface area (Å²) in [5.41, 5.74) is 0.0675. The van der Waals surface area contributed by atoms with Crippen molar-refractivity contribution >= 4 is 33.2 Å². The molecule has 32 heavy (non-hydrogen) atoms. The number of carbonyl (C=O) groups excluding carboxylic acids is 1. The zero-order chi connectivity index (χ0) is 23.6. The predicted molar refractivity (Wildman–Crippen MR) is 121 cm³/mol. The molecule has 9 nitrogen and oxygen atoms in total. The summed E-state index contributed by atoms with van der Waals surface area (Å²) in [6.07, 6.45) is 0. The molecule has 0 radical (unpaired) electrons. The van der Waals surface area contributed by atoms with Gasteiger partial charge in [0.25, 0.3) is 5.91 Å². The molecule has 1 aromatic heterocycles. The number of hydrogen-bond acceptors (Lipinski definition) is 6. The van der Waals surface area contributed by atoms with E-state index in [0.717, 1.165) is 4.31 Å². The van der Waals surface area contributed by atoms with Crippen LogP contribution in [0.2, 0.25) is 5.02 Å². The van der Waals surface area contributed by atoms with Gasteiger partial charge in [0.05, 0.1) is 28.4 Å². The Morgan fingerprint density at radius 3 is 2.47 bits per heavy atom. The molecule has 0 spiro atoms. The van der Waals surface area contributed by atoms with Crippen LogP contribution in [0.1, 0.15) is 16.2 Å². The Morgan fingerprint density at radius 1 is 1.16 bits per heavy atom. The molecule has 3 rings (SSSR count). The summed E-state index contributed by atoms with van der Waals surface area (Å²) in [4.78, 5) is 25.4. The number of amides is 1. The standard InChI is InChI=1S/C21H21ClN4O5S/c1-13-11-18(27)20(24-26(13)17-8-6-5-7-15(17)22)21(28)23-16-12-14(9-10-19(16)31-4)32(29,30)25(2)3/h5-12H,1-4H3,(H,23,28).